The van der Waals surface area contributed by atoms with Gasteiger partial charge in [0, 0.05) is 30.4 Å². The van der Waals surface area contributed by atoms with Crippen molar-refractivity contribution in [3.63, 3.8) is 0 Å². The van der Waals surface area contributed by atoms with Crippen LogP contribution in [0.2, 0.25) is 0 Å². The first-order valence-electron chi connectivity index (χ1n) is 7.86. The molecule has 2 fully saturated rings. The number of aliphatic hydroxyl groups is 1. The van der Waals surface area contributed by atoms with Crippen molar-refractivity contribution in [1.29, 1.82) is 0 Å². The minimum absolute atomic E-state index is 0.0789. The first kappa shape index (κ1) is 18.2. The van der Waals surface area contributed by atoms with Gasteiger partial charge in [-0.15, -0.1) is 0 Å². The lowest BCUT2D eigenvalue weighted by molar-refractivity contribution is -0.151. The van der Waals surface area contributed by atoms with Crippen LogP contribution in [0.3, 0.4) is 0 Å². The molecule has 0 aromatic heterocycles. The van der Waals surface area contributed by atoms with Crippen molar-refractivity contribution < 1.29 is 24.2 Å². The van der Waals surface area contributed by atoms with E-state index >= 15 is 0 Å². The molecular weight excluding hydrogens is 320 g/mol. The monoisotopic (exact) mass is 344 g/mol. The lowest BCUT2D eigenvalue weighted by Crippen LogP contribution is -2.49. The molecule has 3 N–H and O–H groups in total. The number of nitrogens with two attached hydrogens (primary N) is 1. The van der Waals surface area contributed by atoms with E-state index in [-0.39, 0.29) is 24.0 Å². The van der Waals surface area contributed by atoms with E-state index in [0.717, 1.165) is 6.42 Å². The van der Waals surface area contributed by atoms with Crippen LogP contribution in [0.25, 0.3) is 0 Å². The second kappa shape index (κ2) is 8.12. The van der Waals surface area contributed by atoms with E-state index in [1.807, 2.05) is 0 Å². The normalized spacial score (nSPS) is 28.9. The molecule has 8 heteroatoms. The molecule has 1 saturated carbocycles. The standard InChI is InChI=1S/C15H24N2O5S/c1-22-15(21)12-3-2-4-17(12)14(20)11(16)8-23-7-9-5-10(18)6-13(9)19/h9-12,18H,2-8,16H2,1H3. The fourth-order valence-corrected chi connectivity index (χ4v) is 4.28. The summed E-state index contributed by atoms with van der Waals surface area (Å²) in [5.74, 6) is 0.243. The Balaban J connectivity index is 1.78. The summed E-state index contributed by atoms with van der Waals surface area (Å²) >= 11 is 1.45. The number of ketones is 1. The fraction of sp³-hybridized carbons (Fsp3) is 0.800. The van der Waals surface area contributed by atoms with Crippen molar-refractivity contribution in [2.45, 2.75) is 43.9 Å². The Morgan fingerprint density at radius 2 is 2.26 bits per heavy atom. The minimum atomic E-state index is -0.702. The number of Topliss-reactive ketones (excluding diaryl/α,β-unsaturated/α-hetero) is 1. The quantitative estimate of drug-likeness (QED) is 0.628. The van der Waals surface area contributed by atoms with Gasteiger partial charge >= 0.3 is 5.97 Å². The summed E-state index contributed by atoms with van der Waals surface area (Å²) in [6.07, 6.45) is 1.55. The Labute approximate surface area is 139 Å². The molecule has 2 rings (SSSR count). The first-order valence-corrected chi connectivity index (χ1v) is 9.02. The highest BCUT2D eigenvalue weighted by Crippen LogP contribution is 2.26. The van der Waals surface area contributed by atoms with Crippen LogP contribution in [-0.2, 0) is 19.1 Å². The van der Waals surface area contributed by atoms with Crippen molar-refractivity contribution in [3.05, 3.63) is 0 Å². The Morgan fingerprint density at radius 1 is 1.52 bits per heavy atom. The van der Waals surface area contributed by atoms with Gasteiger partial charge in [-0.1, -0.05) is 0 Å². The molecule has 1 aliphatic heterocycles. The Bertz CT molecular complexity index is 473. The number of ether oxygens (including phenoxy) is 1. The third kappa shape index (κ3) is 4.45. The number of amides is 1. The van der Waals surface area contributed by atoms with Crippen LogP contribution in [0.4, 0.5) is 0 Å². The summed E-state index contributed by atoms with van der Waals surface area (Å²) in [4.78, 5) is 37.2. The molecule has 2 aliphatic rings. The molecule has 0 radical (unpaired) electrons. The van der Waals surface area contributed by atoms with E-state index in [2.05, 4.69) is 0 Å². The van der Waals surface area contributed by atoms with Gasteiger partial charge in [0.1, 0.15) is 11.8 Å². The second-order valence-corrected chi connectivity index (χ2v) is 7.19. The van der Waals surface area contributed by atoms with E-state index in [4.69, 9.17) is 10.5 Å². The van der Waals surface area contributed by atoms with Crippen LogP contribution in [0.5, 0.6) is 0 Å². The third-order valence-electron chi connectivity index (χ3n) is 4.39. The van der Waals surface area contributed by atoms with Gasteiger partial charge in [0.05, 0.1) is 19.3 Å². The number of hydrogen-bond donors (Lipinski definition) is 2. The summed E-state index contributed by atoms with van der Waals surface area (Å²) in [7, 11) is 1.31. The largest absolute Gasteiger partial charge is 0.467 e. The summed E-state index contributed by atoms with van der Waals surface area (Å²) in [5, 5.41) is 9.46. The fourth-order valence-electron chi connectivity index (χ4n) is 3.14. The maximum Gasteiger partial charge on any atom is 0.328 e. The zero-order chi connectivity index (χ0) is 17.0. The summed E-state index contributed by atoms with van der Waals surface area (Å²) in [6, 6.07) is -1.23. The SMILES string of the molecule is COC(=O)C1CCCN1C(=O)C(N)CSCC1CC(O)CC1=O. The predicted molar refractivity (Wildman–Crippen MR) is 85.8 cm³/mol. The maximum atomic E-state index is 12.4. The summed E-state index contributed by atoms with van der Waals surface area (Å²) in [5.41, 5.74) is 5.95. The van der Waals surface area contributed by atoms with Gasteiger partial charge in [-0.2, -0.15) is 11.8 Å². The highest BCUT2D eigenvalue weighted by molar-refractivity contribution is 7.99. The number of hydrogen-bond acceptors (Lipinski definition) is 7. The van der Waals surface area contributed by atoms with Crippen LogP contribution in [-0.4, -0.2) is 71.0 Å². The molecule has 0 spiro atoms. The van der Waals surface area contributed by atoms with Crippen LogP contribution in [0.15, 0.2) is 0 Å². The molecule has 0 bridgehead atoms. The average molecular weight is 344 g/mol. The number of carbonyl (C=O) groups is 3. The van der Waals surface area contributed by atoms with Crippen LogP contribution in [0, 0.1) is 5.92 Å². The highest BCUT2D eigenvalue weighted by atomic mass is 32.2. The van der Waals surface area contributed by atoms with Gasteiger partial charge in [-0.25, -0.2) is 4.79 Å². The van der Waals surface area contributed by atoms with Gasteiger partial charge < -0.3 is 20.5 Å². The number of thioether (sulfide) groups is 1. The van der Waals surface area contributed by atoms with Crippen molar-refractivity contribution in [2.75, 3.05) is 25.2 Å². The lowest BCUT2D eigenvalue weighted by atomic mass is 10.1. The molecular formula is C15H24N2O5S. The maximum absolute atomic E-state index is 12.4. The average Bonchev–Trinajstić information content (AvgIpc) is 3.12. The molecule has 1 heterocycles. The second-order valence-electron chi connectivity index (χ2n) is 6.11. The lowest BCUT2D eigenvalue weighted by Gasteiger charge is -2.25. The Hall–Kier alpha value is -1.12. The first-order chi connectivity index (χ1) is 10.9. The smallest absolute Gasteiger partial charge is 0.328 e. The van der Waals surface area contributed by atoms with E-state index in [1.165, 1.54) is 23.8 Å². The summed E-state index contributed by atoms with van der Waals surface area (Å²) < 4.78 is 4.72. The topological polar surface area (TPSA) is 110 Å². The zero-order valence-corrected chi connectivity index (χ0v) is 14.1. The van der Waals surface area contributed by atoms with Crippen molar-refractivity contribution in [3.8, 4) is 0 Å². The van der Waals surface area contributed by atoms with Crippen LogP contribution in [0.1, 0.15) is 25.7 Å². The van der Waals surface area contributed by atoms with E-state index in [0.29, 0.717) is 30.9 Å². The molecule has 1 aliphatic carbocycles. The number of likely N-dealkylation sites (tertiary alicyclic amines) is 1. The Kier molecular flexibility index (Phi) is 6.43. The number of esters is 1. The number of aliphatic hydroxyl groups excluding tert-OH is 1. The van der Waals surface area contributed by atoms with Gasteiger partial charge in [-0.05, 0) is 19.3 Å². The minimum Gasteiger partial charge on any atom is -0.467 e. The molecule has 4 atom stereocenters. The highest BCUT2D eigenvalue weighted by Gasteiger charge is 2.37. The third-order valence-corrected chi connectivity index (χ3v) is 5.62. The van der Waals surface area contributed by atoms with Gasteiger partial charge in [0.2, 0.25) is 5.91 Å². The zero-order valence-electron chi connectivity index (χ0n) is 13.3. The van der Waals surface area contributed by atoms with Gasteiger partial charge in [0.15, 0.2) is 0 Å². The van der Waals surface area contributed by atoms with Crippen molar-refractivity contribution in [1.82, 2.24) is 4.90 Å². The molecule has 7 nitrogen and oxygen atoms in total. The van der Waals surface area contributed by atoms with E-state index < -0.39 is 24.2 Å². The predicted octanol–water partition coefficient (Wildman–Crippen LogP) is -0.449. The van der Waals surface area contributed by atoms with E-state index in [9.17, 15) is 19.5 Å². The Morgan fingerprint density at radius 3 is 2.87 bits per heavy atom. The van der Waals surface area contributed by atoms with Crippen LogP contribution >= 0.6 is 11.8 Å². The number of carbonyl (C=O) groups excluding carboxylic acids is 3. The number of methoxy groups -OCH3 is 1. The molecule has 0 aromatic rings. The van der Waals surface area contributed by atoms with E-state index in [1.54, 1.807) is 0 Å². The van der Waals surface area contributed by atoms with Crippen LogP contribution < -0.4 is 5.73 Å². The molecule has 130 valence electrons. The molecule has 0 aromatic carbocycles. The van der Waals surface area contributed by atoms with Gasteiger partial charge in [0.25, 0.3) is 0 Å². The van der Waals surface area contributed by atoms with Crippen molar-refractivity contribution in [2.24, 2.45) is 11.7 Å². The number of rotatable bonds is 6. The molecule has 23 heavy (non-hydrogen) atoms. The van der Waals surface area contributed by atoms with Crippen molar-refractivity contribution >= 4 is 29.4 Å². The van der Waals surface area contributed by atoms with Gasteiger partial charge in [-0.3, -0.25) is 9.59 Å². The molecule has 1 amide bonds. The molecule has 4 unspecified atom stereocenters. The molecule has 1 saturated heterocycles. The number of nitrogens with zero attached hydrogens (tertiary/aromatic N) is 1. The summed E-state index contributed by atoms with van der Waals surface area (Å²) in [6.45, 7) is 0.518.